The monoisotopic (exact) mass is 370 g/mol. The van der Waals surface area contributed by atoms with E-state index in [0.29, 0.717) is 0 Å². The Kier molecular flexibility index (Phi) is 4.37. The summed E-state index contributed by atoms with van der Waals surface area (Å²) in [4.78, 5) is 4.12. The highest BCUT2D eigenvalue weighted by atomic mass is 79.9. The van der Waals surface area contributed by atoms with Gasteiger partial charge >= 0.3 is 0 Å². The molecule has 3 nitrogen and oxygen atoms in total. The third-order valence-corrected chi connectivity index (χ3v) is 3.67. The minimum atomic E-state index is -0.211. The minimum Gasteiger partial charge on any atom is -0.496 e. The van der Waals surface area contributed by atoms with E-state index >= 15 is 0 Å². The van der Waals surface area contributed by atoms with E-state index in [1.54, 1.807) is 19.5 Å². The standard InChI is InChI=1S/C13H12Br2N2O/c1-18-12-3-2-8(5-11(12)15)13(16)9-4-10(14)7-17-6-9/h2-7,13H,16H2,1H3. The first kappa shape index (κ1) is 13.5. The second kappa shape index (κ2) is 5.82. The van der Waals surface area contributed by atoms with E-state index in [-0.39, 0.29) is 6.04 Å². The Labute approximate surface area is 123 Å². The van der Waals surface area contributed by atoms with Crippen molar-refractivity contribution in [3.8, 4) is 5.75 Å². The van der Waals surface area contributed by atoms with E-state index in [1.807, 2.05) is 24.3 Å². The fourth-order valence-electron chi connectivity index (χ4n) is 1.67. The van der Waals surface area contributed by atoms with E-state index in [1.165, 1.54) is 0 Å². The van der Waals surface area contributed by atoms with Crippen molar-refractivity contribution in [2.45, 2.75) is 6.04 Å². The van der Waals surface area contributed by atoms with E-state index in [2.05, 4.69) is 36.8 Å². The number of methoxy groups -OCH3 is 1. The molecule has 0 amide bonds. The van der Waals surface area contributed by atoms with Gasteiger partial charge in [0.1, 0.15) is 5.75 Å². The van der Waals surface area contributed by atoms with Gasteiger partial charge in [0.2, 0.25) is 0 Å². The zero-order valence-corrected chi connectivity index (χ0v) is 12.9. The second-order valence-electron chi connectivity index (χ2n) is 3.81. The van der Waals surface area contributed by atoms with Gasteiger partial charge < -0.3 is 10.5 Å². The summed E-state index contributed by atoms with van der Waals surface area (Å²) in [6.45, 7) is 0. The highest BCUT2D eigenvalue weighted by Gasteiger charge is 2.11. The molecule has 1 aromatic heterocycles. The second-order valence-corrected chi connectivity index (χ2v) is 5.58. The first-order valence-electron chi connectivity index (χ1n) is 5.31. The Bertz CT molecular complexity index is 560. The number of aromatic nitrogens is 1. The molecule has 2 aromatic rings. The van der Waals surface area contributed by atoms with Crippen molar-refractivity contribution in [1.29, 1.82) is 0 Å². The molecule has 0 aliphatic carbocycles. The van der Waals surface area contributed by atoms with E-state index in [4.69, 9.17) is 10.5 Å². The van der Waals surface area contributed by atoms with Gasteiger partial charge in [0.15, 0.2) is 0 Å². The van der Waals surface area contributed by atoms with Crippen LogP contribution in [-0.4, -0.2) is 12.1 Å². The Morgan fingerprint density at radius 2 is 1.94 bits per heavy atom. The molecule has 5 heteroatoms. The fourth-order valence-corrected chi connectivity index (χ4v) is 2.61. The van der Waals surface area contributed by atoms with E-state index in [0.717, 1.165) is 25.8 Å². The van der Waals surface area contributed by atoms with Crippen molar-refractivity contribution in [2.24, 2.45) is 5.73 Å². The zero-order chi connectivity index (χ0) is 13.1. The maximum atomic E-state index is 6.22. The lowest BCUT2D eigenvalue weighted by molar-refractivity contribution is 0.412. The molecule has 2 N–H and O–H groups in total. The molecule has 0 fully saturated rings. The van der Waals surface area contributed by atoms with Crippen molar-refractivity contribution in [2.75, 3.05) is 7.11 Å². The molecule has 2 rings (SSSR count). The summed E-state index contributed by atoms with van der Waals surface area (Å²) < 4.78 is 7.01. The van der Waals surface area contributed by atoms with Gasteiger partial charge in [-0.25, -0.2) is 0 Å². The molecule has 0 bridgehead atoms. The van der Waals surface area contributed by atoms with Crippen LogP contribution in [0.5, 0.6) is 5.75 Å². The van der Waals surface area contributed by atoms with Crippen LogP contribution in [0.25, 0.3) is 0 Å². The molecular formula is C13H12Br2N2O. The van der Waals surface area contributed by atoms with Crippen molar-refractivity contribution >= 4 is 31.9 Å². The molecule has 1 aromatic carbocycles. The lowest BCUT2D eigenvalue weighted by atomic mass is 10.0. The summed E-state index contributed by atoms with van der Waals surface area (Å²) in [5.74, 6) is 0.790. The normalized spacial score (nSPS) is 12.2. The smallest absolute Gasteiger partial charge is 0.133 e. The van der Waals surface area contributed by atoms with Crippen LogP contribution in [0.3, 0.4) is 0 Å². The molecule has 94 valence electrons. The lowest BCUT2D eigenvalue weighted by Crippen LogP contribution is -2.12. The van der Waals surface area contributed by atoms with E-state index in [9.17, 15) is 0 Å². The summed E-state index contributed by atoms with van der Waals surface area (Å²) in [6.07, 6.45) is 3.51. The van der Waals surface area contributed by atoms with Crippen LogP contribution < -0.4 is 10.5 Å². The number of nitrogens with two attached hydrogens (primary N) is 1. The van der Waals surface area contributed by atoms with Crippen molar-refractivity contribution in [3.05, 3.63) is 56.7 Å². The van der Waals surface area contributed by atoms with Crippen molar-refractivity contribution in [3.63, 3.8) is 0 Å². The molecule has 1 heterocycles. The maximum Gasteiger partial charge on any atom is 0.133 e. The molecule has 1 unspecified atom stereocenters. The summed E-state index contributed by atoms with van der Waals surface area (Å²) in [5.41, 5.74) is 8.19. The first-order chi connectivity index (χ1) is 8.61. The topological polar surface area (TPSA) is 48.1 Å². The van der Waals surface area contributed by atoms with Crippen LogP contribution in [0.2, 0.25) is 0 Å². The predicted octanol–water partition coefficient (Wildman–Crippen LogP) is 3.66. The molecule has 0 spiro atoms. The van der Waals surface area contributed by atoms with Crippen LogP contribution in [0.1, 0.15) is 17.2 Å². The highest BCUT2D eigenvalue weighted by molar-refractivity contribution is 9.10. The SMILES string of the molecule is COc1ccc(C(N)c2cncc(Br)c2)cc1Br. The Balaban J connectivity index is 2.34. The lowest BCUT2D eigenvalue weighted by Gasteiger charge is -2.14. The Hall–Kier alpha value is -0.910. The van der Waals surface area contributed by atoms with Gasteiger partial charge in [0.05, 0.1) is 17.6 Å². The highest BCUT2D eigenvalue weighted by Crippen LogP contribution is 2.29. The van der Waals surface area contributed by atoms with Gasteiger partial charge in [-0.05, 0) is 61.2 Å². The van der Waals surface area contributed by atoms with Crippen LogP contribution in [0.15, 0.2) is 45.6 Å². The van der Waals surface area contributed by atoms with Crippen LogP contribution in [0.4, 0.5) is 0 Å². The van der Waals surface area contributed by atoms with E-state index < -0.39 is 0 Å². The average molecular weight is 372 g/mol. The summed E-state index contributed by atoms with van der Waals surface area (Å²) >= 11 is 6.85. The summed E-state index contributed by atoms with van der Waals surface area (Å²) in [6, 6.07) is 7.57. The number of hydrogen-bond acceptors (Lipinski definition) is 3. The number of benzene rings is 1. The van der Waals surface area contributed by atoms with Gasteiger partial charge in [-0.15, -0.1) is 0 Å². The van der Waals surface area contributed by atoms with Crippen LogP contribution in [0, 0.1) is 0 Å². The first-order valence-corrected chi connectivity index (χ1v) is 6.90. The van der Waals surface area contributed by atoms with Gasteiger partial charge in [-0.3, -0.25) is 4.98 Å². The largest absolute Gasteiger partial charge is 0.496 e. The average Bonchev–Trinajstić information content (AvgIpc) is 2.37. The molecular weight excluding hydrogens is 360 g/mol. The number of pyridine rings is 1. The molecule has 1 atom stereocenters. The van der Waals surface area contributed by atoms with Gasteiger partial charge in [-0.2, -0.15) is 0 Å². The number of ether oxygens (including phenoxy) is 1. The third-order valence-electron chi connectivity index (χ3n) is 2.62. The number of rotatable bonds is 3. The predicted molar refractivity (Wildman–Crippen MR) is 78.7 cm³/mol. The van der Waals surface area contributed by atoms with Gasteiger partial charge in [-0.1, -0.05) is 6.07 Å². The summed E-state index contributed by atoms with van der Waals surface area (Å²) in [7, 11) is 1.64. The van der Waals surface area contributed by atoms with Gasteiger partial charge in [0.25, 0.3) is 0 Å². The summed E-state index contributed by atoms with van der Waals surface area (Å²) in [5, 5.41) is 0. The maximum absolute atomic E-state index is 6.22. The number of halogens is 2. The number of hydrogen-bond donors (Lipinski definition) is 1. The molecule has 0 aliphatic rings. The Morgan fingerprint density at radius 1 is 1.17 bits per heavy atom. The minimum absolute atomic E-state index is 0.211. The van der Waals surface area contributed by atoms with Crippen LogP contribution in [-0.2, 0) is 0 Å². The van der Waals surface area contributed by atoms with Crippen molar-refractivity contribution < 1.29 is 4.74 Å². The molecule has 0 saturated heterocycles. The van der Waals surface area contributed by atoms with Crippen LogP contribution >= 0.6 is 31.9 Å². The fraction of sp³-hybridized carbons (Fsp3) is 0.154. The zero-order valence-electron chi connectivity index (χ0n) is 9.73. The molecule has 0 saturated carbocycles. The Morgan fingerprint density at radius 3 is 2.56 bits per heavy atom. The van der Waals surface area contributed by atoms with Gasteiger partial charge in [0, 0.05) is 16.9 Å². The third kappa shape index (κ3) is 2.91. The molecule has 18 heavy (non-hydrogen) atoms. The quantitative estimate of drug-likeness (QED) is 0.895. The molecule has 0 radical (unpaired) electrons. The van der Waals surface area contributed by atoms with Crippen molar-refractivity contribution in [1.82, 2.24) is 4.98 Å². The molecule has 0 aliphatic heterocycles. The number of nitrogens with zero attached hydrogens (tertiary/aromatic N) is 1.